The number of benzene rings is 1. The number of nitrogens with one attached hydrogen (secondary N) is 2. The highest BCUT2D eigenvalue weighted by molar-refractivity contribution is 9.10. The summed E-state index contributed by atoms with van der Waals surface area (Å²) in [4.78, 5) is 11.2. The molecule has 1 aromatic rings. The molecule has 0 fully saturated rings. The summed E-state index contributed by atoms with van der Waals surface area (Å²) < 4.78 is 0.922. The Balaban J connectivity index is 2.57. The average molecular weight is 292 g/mol. The van der Waals surface area contributed by atoms with E-state index in [-0.39, 0.29) is 12.5 Å². The number of anilines is 1. The van der Waals surface area contributed by atoms with Gasteiger partial charge in [0.15, 0.2) is 0 Å². The van der Waals surface area contributed by atoms with Crippen LogP contribution >= 0.6 is 27.5 Å². The summed E-state index contributed by atoms with van der Waals surface area (Å²) in [7, 11) is 0. The van der Waals surface area contributed by atoms with E-state index in [1.54, 1.807) is 6.07 Å². The van der Waals surface area contributed by atoms with Gasteiger partial charge in [0.05, 0.1) is 17.3 Å². The van der Waals surface area contributed by atoms with Gasteiger partial charge in [0.2, 0.25) is 5.91 Å². The van der Waals surface area contributed by atoms with Crippen molar-refractivity contribution in [3.63, 3.8) is 0 Å². The van der Waals surface area contributed by atoms with E-state index < -0.39 is 0 Å². The van der Waals surface area contributed by atoms with E-state index in [4.69, 9.17) is 11.6 Å². The summed E-state index contributed by atoms with van der Waals surface area (Å²) in [6.45, 7) is 2.74. The molecule has 15 heavy (non-hydrogen) atoms. The number of rotatable bonds is 4. The number of carbonyl (C=O) groups excluding carboxylic acids is 1. The Morgan fingerprint density at radius 3 is 2.93 bits per heavy atom. The van der Waals surface area contributed by atoms with Crippen LogP contribution < -0.4 is 10.6 Å². The monoisotopic (exact) mass is 290 g/mol. The van der Waals surface area contributed by atoms with Gasteiger partial charge in [0.25, 0.3) is 0 Å². The van der Waals surface area contributed by atoms with Crippen LogP contribution in [0.1, 0.15) is 6.92 Å². The molecule has 0 unspecified atom stereocenters. The number of amides is 1. The van der Waals surface area contributed by atoms with Gasteiger partial charge in [-0.3, -0.25) is 4.79 Å². The molecule has 0 aliphatic rings. The molecule has 0 bridgehead atoms. The number of hydrogen-bond donors (Lipinski definition) is 2. The molecule has 0 aliphatic carbocycles. The molecular formula is C10H12BrClN2O. The second kappa shape index (κ2) is 5.98. The molecule has 1 aromatic carbocycles. The lowest BCUT2D eigenvalue weighted by atomic mass is 10.3. The Hall–Kier alpha value is -0.740. The van der Waals surface area contributed by atoms with Crippen LogP contribution in [0.2, 0.25) is 5.02 Å². The second-order valence-corrected chi connectivity index (χ2v) is 4.25. The molecule has 5 heteroatoms. The highest BCUT2D eigenvalue weighted by Gasteiger charge is 2.03. The quantitative estimate of drug-likeness (QED) is 0.895. The molecule has 0 atom stereocenters. The van der Waals surface area contributed by atoms with Crippen LogP contribution in [-0.2, 0) is 4.79 Å². The molecule has 1 amide bonds. The molecule has 0 spiro atoms. The summed E-state index contributed by atoms with van der Waals surface area (Å²) in [5.41, 5.74) is 0.747. The fraction of sp³-hybridized carbons (Fsp3) is 0.300. The molecule has 0 aliphatic heterocycles. The van der Waals surface area contributed by atoms with E-state index in [2.05, 4.69) is 26.6 Å². The van der Waals surface area contributed by atoms with E-state index in [9.17, 15) is 4.79 Å². The minimum atomic E-state index is -0.0476. The van der Waals surface area contributed by atoms with E-state index in [0.717, 1.165) is 10.2 Å². The maximum absolute atomic E-state index is 11.2. The number of carbonyl (C=O) groups is 1. The van der Waals surface area contributed by atoms with Gasteiger partial charge in [0.1, 0.15) is 0 Å². The van der Waals surface area contributed by atoms with Crippen molar-refractivity contribution < 1.29 is 4.79 Å². The van der Waals surface area contributed by atoms with Crippen LogP contribution in [0, 0.1) is 0 Å². The molecule has 0 saturated heterocycles. The van der Waals surface area contributed by atoms with Gasteiger partial charge in [0, 0.05) is 11.0 Å². The molecule has 0 aromatic heterocycles. The van der Waals surface area contributed by atoms with E-state index in [1.165, 1.54) is 0 Å². The van der Waals surface area contributed by atoms with Crippen LogP contribution in [0.15, 0.2) is 22.7 Å². The van der Waals surface area contributed by atoms with Gasteiger partial charge >= 0.3 is 0 Å². The fourth-order valence-electron chi connectivity index (χ4n) is 1.07. The summed E-state index contributed by atoms with van der Waals surface area (Å²) in [6.07, 6.45) is 0. The highest BCUT2D eigenvalue weighted by atomic mass is 79.9. The molecule has 3 nitrogen and oxygen atoms in total. The topological polar surface area (TPSA) is 41.1 Å². The fourth-order valence-corrected chi connectivity index (χ4v) is 1.61. The maximum atomic E-state index is 11.2. The van der Waals surface area contributed by atoms with Gasteiger partial charge < -0.3 is 10.6 Å². The molecule has 0 radical (unpaired) electrons. The molecule has 82 valence electrons. The predicted molar refractivity (Wildman–Crippen MR) is 66.3 cm³/mol. The first-order valence-corrected chi connectivity index (χ1v) is 5.76. The zero-order chi connectivity index (χ0) is 11.3. The van der Waals surface area contributed by atoms with Crippen LogP contribution in [0.3, 0.4) is 0 Å². The lowest BCUT2D eigenvalue weighted by Crippen LogP contribution is -2.29. The van der Waals surface area contributed by atoms with E-state index >= 15 is 0 Å². The third-order valence-corrected chi connectivity index (χ3v) is 2.56. The van der Waals surface area contributed by atoms with Gasteiger partial charge in [-0.15, -0.1) is 0 Å². The zero-order valence-corrected chi connectivity index (χ0v) is 10.7. The second-order valence-electron chi connectivity index (χ2n) is 2.93. The molecule has 0 saturated carbocycles. The van der Waals surface area contributed by atoms with Crippen molar-refractivity contribution in [3.05, 3.63) is 27.7 Å². The largest absolute Gasteiger partial charge is 0.375 e. The van der Waals surface area contributed by atoms with Crippen LogP contribution in [0.5, 0.6) is 0 Å². The highest BCUT2D eigenvalue weighted by Crippen LogP contribution is 2.25. The van der Waals surface area contributed by atoms with Gasteiger partial charge in [-0.05, 0) is 25.1 Å². The third-order valence-electron chi connectivity index (χ3n) is 1.74. The van der Waals surface area contributed by atoms with Crippen LogP contribution in [0.4, 0.5) is 5.69 Å². The van der Waals surface area contributed by atoms with Gasteiger partial charge in [-0.2, -0.15) is 0 Å². The predicted octanol–water partition coefficient (Wildman–Crippen LogP) is 2.65. The van der Waals surface area contributed by atoms with Crippen molar-refractivity contribution in [3.8, 4) is 0 Å². The molecular weight excluding hydrogens is 279 g/mol. The first-order chi connectivity index (χ1) is 7.13. The van der Waals surface area contributed by atoms with Crippen molar-refractivity contribution >= 4 is 39.1 Å². The third kappa shape index (κ3) is 4.10. The first kappa shape index (κ1) is 12.3. The Kier molecular flexibility index (Phi) is 4.91. The summed E-state index contributed by atoms with van der Waals surface area (Å²) >= 11 is 9.28. The number of likely N-dealkylation sites (N-methyl/N-ethyl adjacent to an activating group) is 1. The summed E-state index contributed by atoms with van der Waals surface area (Å²) in [6, 6.07) is 5.45. The van der Waals surface area contributed by atoms with Crippen molar-refractivity contribution in [1.82, 2.24) is 5.32 Å². The lowest BCUT2D eigenvalue weighted by Gasteiger charge is -2.08. The average Bonchev–Trinajstić information content (AvgIpc) is 2.20. The smallest absolute Gasteiger partial charge is 0.239 e. The van der Waals surface area contributed by atoms with Crippen LogP contribution in [0.25, 0.3) is 0 Å². The van der Waals surface area contributed by atoms with Crippen molar-refractivity contribution in [2.24, 2.45) is 0 Å². The van der Waals surface area contributed by atoms with Crippen molar-refractivity contribution in [2.75, 3.05) is 18.4 Å². The maximum Gasteiger partial charge on any atom is 0.239 e. The minimum Gasteiger partial charge on any atom is -0.375 e. The van der Waals surface area contributed by atoms with Gasteiger partial charge in [-0.1, -0.05) is 27.5 Å². The Morgan fingerprint density at radius 1 is 1.53 bits per heavy atom. The number of halogens is 2. The minimum absolute atomic E-state index is 0.0476. The zero-order valence-electron chi connectivity index (χ0n) is 8.31. The Morgan fingerprint density at radius 2 is 2.27 bits per heavy atom. The first-order valence-electron chi connectivity index (χ1n) is 4.59. The SMILES string of the molecule is CCNC(=O)CNc1cc(Br)ccc1Cl. The van der Waals surface area contributed by atoms with Crippen LogP contribution in [-0.4, -0.2) is 19.0 Å². The standard InChI is InChI=1S/C10H12BrClN2O/c1-2-13-10(15)6-14-9-5-7(11)3-4-8(9)12/h3-5,14H,2,6H2,1H3,(H,13,15). The Labute approximate surface area is 102 Å². The molecule has 0 heterocycles. The normalized spacial score (nSPS) is 9.80. The van der Waals surface area contributed by atoms with E-state index in [0.29, 0.717) is 11.6 Å². The summed E-state index contributed by atoms with van der Waals surface area (Å²) in [5, 5.41) is 6.26. The number of hydrogen-bond acceptors (Lipinski definition) is 2. The summed E-state index contributed by atoms with van der Waals surface area (Å²) in [5.74, 6) is -0.0476. The van der Waals surface area contributed by atoms with Crippen molar-refractivity contribution in [2.45, 2.75) is 6.92 Å². The van der Waals surface area contributed by atoms with E-state index in [1.807, 2.05) is 19.1 Å². The Bertz CT molecular complexity index is 357. The molecule has 1 rings (SSSR count). The lowest BCUT2D eigenvalue weighted by molar-refractivity contribution is -0.119. The van der Waals surface area contributed by atoms with Crippen molar-refractivity contribution in [1.29, 1.82) is 0 Å². The molecule has 2 N–H and O–H groups in total. The van der Waals surface area contributed by atoms with Gasteiger partial charge in [-0.25, -0.2) is 0 Å².